The second-order valence-electron chi connectivity index (χ2n) is 9.07. The Kier molecular flexibility index (Phi) is 7.08. The average molecular weight is 477 g/mol. The number of benzene rings is 3. The SMILES string of the molecule is CC[C@@H](NC(=O)c1ccc(C)c(S(=O)(=O)Nc2ccccc2C)c1)c1ccc2c(c1)CCCC2. The summed E-state index contributed by atoms with van der Waals surface area (Å²) in [7, 11) is -3.85. The Bertz CT molecular complexity index is 1310. The third-order valence-corrected chi connectivity index (χ3v) is 8.13. The van der Waals surface area contributed by atoms with Crippen molar-refractivity contribution in [3.8, 4) is 0 Å². The van der Waals surface area contributed by atoms with Crippen LogP contribution in [0.15, 0.2) is 65.6 Å². The highest BCUT2D eigenvalue weighted by Crippen LogP contribution is 2.27. The molecule has 3 aromatic rings. The first-order valence-electron chi connectivity index (χ1n) is 11.9. The van der Waals surface area contributed by atoms with Gasteiger partial charge in [-0.25, -0.2) is 8.42 Å². The van der Waals surface area contributed by atoms with Crippen molar-refractivity contribution in [2.75, 3.05) is 4.72 Å². The van der Waals surface area contributed by atoms with Gasteiger partial charge in [0.1, 0.15) is 0 Å². The van der Waals surface area contributed by atoms with Crippen molar-refractivity contribution in [1.82, 2.24) is 5.32 Å². The topological polar surface area (TPSA) is 75.3 Å². The number of para-hydroxylation sites is 1. The number of sulfonamides is 1. The monoisotopic (exact) mass is 476 g/mol. The summed E-state index contributed by atoms with van der Waals surface area (Å²) in [5.41, 5.74) is 6.14. The summed E-state index contributed by atoms with van der Waals surface area (Å²) in [4.78, 5) is 13.3. The average Bonchev–Trinajstić information content (AvgIpc) is 2.83. The van der Waals surface area contributed by atoms with Gasteiger partial charge in [0.05, 0.1) is 16.6 Å². The highest BCUT2D eigenvalue weighted by molar-refractivity contribution is 7.92. The third kappa shape index (κ3) is 5.17. The Morgan fingerprint density at radius 1 is 0.912 bits per heavy atom. The maximum atomic E-state index is 13.2. The van der Waals surface area contributed by atoms with E-state index in [1.54, 1.807) is 31.2 Å². The first-order valence-corrected chi connectivity index (χ1v) is 13.4. The summed E-state index contributed by atoms with van der Waals surface area (Å²) in [6.45, 7) is 5.62. The van der Waals surface area contributed by atoms with Crippen LogP contribution in [0.5, 0.6) is 0 Å². The van der Waals surface area contributed by atoms with E-state index in [2.05, 4.69) is 28.2 Å². The van der Waals surface area contributed by atoms with Gasteiger partial charge in [-0.2, -0.15) is 0 Å². The molecule has 0 bridgehead atoms. The van der Waals surface area contributed by atoms with E-state index in [1.165, 1.54) is 30.0 Å². The summed E-state index contributed by atoms with van der Waals surface area (Å²) in [5, 5.41) is 3.11. The van der Waals surface area contributed by atoms with Crippen molar-refractivity contribution in [2.24, 2.45) is 0 Å². The summed E-state index contributed by atoms with van der Waals surface area (Å²) < 4.78 is 28.9. The first-order chi connectivity index (χ1) is 16.3. The summed E-state index contributed by atoms with van der Waals surface area (Å²) in [6.07, 6.45) is 5.39. The highest BCUT2D eigenvalue weighted by atomic mass is 32.2. The van der Waals surface area contributed by atoms with E-state index < -0.39 is 10.0 Å². The zero-order chi connectivity index (χ0) is 24.3. The van der Waals surface area contributed by atoms with E-state index in [0.717, 1.165) is 30.4 Å². The van der Waals surface area contributed by atoms with Gasteiger partial charge in [0.25, 0.3) is 15.9 Å². The molecule has 6 heteroatoms. The minimum absolute atomic E-state index is 0.102. The van der Waals surface area contributed by atoms with Crippen LogP contribution in [0.1, 0.15) is 70.4 Å². The molecule has 0 fully saturated rings. The van der Waals surface area contributed by atoms with Crippen LogP contribution >= 0.6 is 0 Å². The van der Waals surface area contributed by atoms with Crippen molar-refractivity contribution < 1.29 is 13.2 Å². The molecule has 178 valence electrons. The molecule has 1 aliphatic rings. The van der Waals surface area contributed by atoms with E-state index in [9.17, 15) is 13.2 Å². The van der Waals surface area contributed by atoms with Crippen molar-refractivity contribution in [1.29, 1.82) is 0 Å². The van der Waals surface area contributed by atoms with Gasteiger partial charge in [0, 0.05) is 5.56 Å². The molecule has 2 N–H and O–H groups in total. The molecule has 0 aliphatic heterocycles. The molecule has 1 atom stereocenters. The van der Waals surface area contributed by atoms with Gasteiger partial charge < -0.3 is 5.32 Å². The molecule has 0 radical (unpaired) electrons. The van der Waals surface area contributed by atoms with Crippen LogP contribution in [0.25, 0.3) is 0 Å². The van der Waals surface area contributed by atoms with Crippen molar-refractivity contribution >= 4 is 21.6 Å². The van der Waals surface area contributed by atoms with Gasteiger partial charge in [-0.3, -0.25) is 9.52 Å². The molecule has 4 rings (SSSR count). The number of rotatable bonds is 7. The Hall–Kier alpha value is -3.12. The lowest BCUT2D eigenvalue weighted by Crippen LogP contribution is -2.28. The number of hydrogen-bond donors (Lipinski definition) is 2. The first kappa shape index (κ1) is 24.0. The van der Waals surface area contributed by atoms with Gasteiger partial charge in [-0.05, 0) is 92.0 Å². The minimum Gasteiger partial charge on any atom is -0.345 e. The van der Waals surface area contributed by atoms with E-state index in [-0.39, 0.29) is 16.8 Å². The third-order valence-electron chi connectivity index (χ3n) is 6.62. The number of nitrogens with one attached hydrogen (secondary N) is 2. The van der Waals surface area contributed by atoms with E-state index >= 15 is 0 Å². The normalized spacial score (nSPS) is 14.2. The second kappa shape index (κ2) is 10.0. The van der Waals surface area contributed by atoms with E-state index in [1.807, 2.05) is 26.0 Å². The number of aryl methyl sites for hydroxylation is 4. The van der Waals surface area contributed by atoms with Crippen LogP contribution in [0.3, 0.4) is 0 Å². The van der Waals surface area contributed by atoms with Gasteiger partial charge >= 0.3 is 0 Å². The molecule has 0 saturated carbocycles. The van der Waals surface area contributed by atoms with Gasteiger partial charge in [-0.15, -0.1) is 0 Å². The second-order valence-corrected chi connectivity index (χ2v) is 10.7. The lowest BCUT2D eigenvalue weighted by molar-refractivity contribution is 0.0935. The molecule has 0 saturated heterocycles. The predicted molar refractivity (Wildman–Crippen MR) is 137 cm³/mol. The fraction of sp³-hybridized carbons (Fsp3) is 0.321. The predicted octanol–water partition coefficient (Wildman–Crippen LogP) is 5.86. The Morgan fingerprint density at radius 2 is 1.65 bits per heavy atom. The zero-order valence-corrected chi connectivity index (χ0v) is 20.8. The lowest BCUT2D eigenvalue weighted by atomic mass is 9.88. The van der Waals surface area contributed by atoms with Crippen LogP contribution in [-0.2, 0) is 22.9 Å². The Balaban J connectivity index is 1.57. The number of hydrogen-bond acceptors (Lipinski definition) is 3. The molecule has 0 heterocycles. The van der Waals surface area contributed by atoms with Crippen molar-refractivity contribution in [3.63, 3.8) is 0 Å². The summed E-state index contributed by atoms with van der Waals surface area (Å²) in [6, 6.07) is 18.4. The van der Waals surface area contributed by atoms with Crippen LogP contribution in [0, 0.1) is 13.8 Å². The molecule has 34 heavy (non-hydrogen) atoms. The molecular weight excluding hydrogens is 444 g/mol. The number of carbonyl (C=O) groups excluding carboxylic acids is 1. The van der Waals surface area contributed by atoms with Gasteiger partial charge in [0.2, 0.25) is 0 Å². The maximum absolute atomic E-state index is 13.2. The van der Waals surface area contributed by atoms with Crippen molar-refractivity contribution in [2.45, 2.75) is 63.8 Å². The Labute approximate surface area is 202 Å². The fourth-order valence-corrected chi connectivity index (χ4v) is 5.95. The largest absolute Gasteiger partial charge is 0.345 e. The smallest absolute Gasteiger partial charge is 0.262 e. The highest BCUT2D eigenvalue weighted by Gasteiger charge is 2.22. The number of fused-ring (bicyclic) bond motifs is 1. The van der Waals surface area contributed by atoms with Gasteiger partial charge in [0.15, 0.2) is 0 Å². The Morgan fingerprint density at radius 3 is 2.38 bits per heavy atom. The van der Waals surface area contributed by atoms with Crippen molar-refractivity contribution in [3.05, 3.63) is 94.0 Å². The number of carbonyl (C=O) groups is 1. The molecule has 0 aromatic heterocycles. The number of amides is 1. The van der Waals surface area contributed by atoms with Crippen LogP contribution in [-0.4, -0.2) is 14.3 Å². The van der Waals surface area contributed by atoms with Crippen LogP contribution in [0.4, 0.5) is 5.69 Å². The van der Waals surface area contributed by atoms with Gasteiger partial charge in [-0.1, -0.05) is 49.4 Å². The molecule has 5 nitrogen and oxygen atoms in total. The van der Waals surface area contributed by atoms with E-state index in [4.69, 9.17) is 0 Å². The summed E-state index contributed by atoms with van der Waals surface area (Å²) >= 11 is 0. The number of anilines is 1. The van der Waals surface area contributed by atoms with Crippen LogP contribution < -0.4 is 10.0 Å². The lowest BCUT2D eigenvalue weighted by Gasteiger charge is -2.22. The fourth-order valence-electron chi connectivity index (χ4n) is 4.55. The molecule has 0 unspecified atom stereocenters. The molecule has 1 amide bonds. The molecule has 1 aliphatic carbocycles. The molecular formula is C28H32N2O3S. The minimum atomic E-state index is -3.85. The molecule has 0 spiro atoms. The molecule has 3 aromatic carbocycles. The van der Waals surface area contributed by atoms with E-state index in [0.29, 0.717) is 16.8 Å². The maximum Gasteiger partial charge on any atom is 0.262 e. The quantitative estimate of drug-likeness (QED) is 0.448. The standard InChI is InChI=1S/C28H32N2O3S/c1-4-25(23-16-15-21-10-6-7-11-22(21)17-23)29-28(31)24-14-13-20(3)27(18-24)34(32,33)30-26-12-8-5-9-19(26)2/h5,8-9,12-18,25,30H,4,6-7,10-11H2,1-3H3,(H,29,31)/t25-/m1/s1. The van der Waals surface area contributed by atoms with Crippen LogP contribution in [0.2, 0.25) is 0 Å². The zero-order valence-electron chi connectivity index (χ0n) is 20.0. The summed E-state index contributed by atoms with van der Waals surface area (Å²) in [5.74, 6) is -0.281.